The molecule has 0 aromatic heterocycles. The molecule has 0 bridgehead atoms. The monoisotopic (exact) mass is 448 g/mol. The van der Waals surface area contributed by atoms with Crippen molar-refractivity contribution in [1.29, 1.82) is 0 Å². The third-order valence-corrected chi connectivity index (χ3v) is 3.93. The fraction of sp³-hybridized carbons (Fsp3) is 0.913. The van der Waals surface area contributed by atoms with Gasteiger partial charge < -0.3 is 0 Å². The fourth-order valence-electron chi connectivity index (χ4n) is 3.81. The van der Waals surface area contributed by atoms with Gasteiger partial charge in [-0.1, -0.05) is 55.4 Å². The van der Waals surface area contributed by atoms with E-state index in [4.69, 9.17) is 19.6 Å². The van der Waals surface area contributed by atoms with Crippen molar-refractivity contribution >= 4 is 11.9 Å². The van der Waals surface area contributed by atoms with Crippen LogP contribution in [0.15, 0.2) is 0 Å². The lowest BCUT2D eigenvalue weighted by atomic mass is 9.84. The minimum atomic E-state index is -0.747. The standard InChI is InChI=1S/C23H44O8/c1-19(2,3)15-22(9,10)28-30-26-17(24)13-21(7,8)14-18(25)27-31-29-23(11,12)16-20(4,5)6/h13-16H2,1-12H3. The third kappa shape index (κ3) is 17.1. The summed E-state index contributed by atoms with van der Waals surface area (Å²) >= 11 is 0. The molecule has 8 nitrogen and oxygen atoms in total. The van der Waals surface area contributed by atoms with Crippen molar-refractivity contribution in [2.45, 2.75) is 120 Å². The first-order chi connectivity index (χ1) is 13.6. The Morgan fingerprint density at radius 2 is 0.839 bits per heavy atom. The highest BCUT2D eigenvalue weighted by molar-refractivity contribution is 5.73. The van der Waals surface area contributed by atoms with Gasteiger partial charge in [0.1, 0.15) is 11.2 Å². The summed E-state index contributed by atoms with van der Waals surface area (Å²) in [4.78, 5) is 44.0. The van der Waals surface area contributed by atoms with Gasteiger partial charge in [0.2, 0.25) is 0 Å². The van der Waals surface area contributed by atoms with Crippen molar-refractivity contribution in [2.75, 3.05) is 0 Å². The van der Waals surface area contributed by atoms with Gasteiger partial charge in [0.15, 0.2) is 0 Å². The van der Waals surface area contributed by atoms with Crippen molar-refractivity contribution in [3.8, 4) is 0 Å². The van der Waals surface area contributed by atoms with Crippen LogP contribution in [0.3, 0.4) is 0 Å². The lowest BCUT2D eigenvalue weighted by Gasteiger charge is -2.30. The van der Waals surface area contributed by atoms with Crippen LogP contribution >= 0.6 is 0 Å². The predicted octanol–water partition coefficient (Wildman–Crippen LogP) is 6.04. The van der Waals surface area contributed by atoms with Gasteiger partial charge in [-0.2, -0.15) is 9.78 Å². The Morgan fingerprint density at radius 1 is 0.548 bits per heavy atom. The quantitative estimate of drug-likeness (QED) is 0.264. The summed E-state index contributed by atoms with van der Waals surface area (Å²) in [5.41, 5.74) is -1.96. The highest BCUT2D eigenvalue weighted by atomic mass is 17.5. The van der Waals surface area contributed by atoms with E-state index >= 15 is 0 Å². The molecule has 0 aliphatic rings. The van der Waals surface area contributed by atoms with Crippen molar-refractivity contribution in [2.24, 2.45) is 16.2 Å². The summed E-state index contributed by atoms with van der Waals surface area (Å²) in [6.45, 7) is 23.3. The topological polar surface area (TPSA) is 89.5 Å². The zero-order valence-corrected chi connectivity index (χ0v) is 21.6. The summed E-state index contributed by atoms with van der Waals surface area (Å²) in [5, 5.41) is 9.38. The van der Waals surface area contributed by atoms with E-state index in [1.807, 2.05) is 27.7 Å². The smallest absolute Gasteiger partial charge is 0.269 e. The summed E-state index contributed by atoms with van der Waals surface area (Å²) in [5.74, 6) is -1.32. The Balaban J connectivity index is 4.36. The molecular formula is C23H44O8. The number of carbonyl (C=O) groups excluding carboxylic acids is 2. The van der Waals surface area contributed by atoms with Crippen molar-refractivity contribution in [3.05, 3.63) is 0 Å². The third-order valence-electron chi connectivity index (χ3n) is 3.93. The summed E-state index contributed by atoms with van der Waals surface area (Å²) in [6, 6.07) is 0. The number of hydrogen-bond donors (Lipinski definition) is 0. The molecule has 0 amide bonds. The SMILES string of the molecule is CC(C)(C)CC(C)(C)OOOC(=O)CC(C)(C)CC(=O)OOOC(C)(C)CC(C)(C)C. The molecule has 0 heterocycles. The molecule has 8 heteroatoms. The second kappa shape index (κ2) is 11.1. The van der Waals surface area contributed by atoms with Gasteiger partial charge >= 0.3 is 11.9 Å². The molecule has 0 saturated carbocycles. The number of rotatable bonds is 12. The molecule has 0 aliphatic carbocycles. The Labute approximate surface area is 187 Å². The van der Waals surface area contributed by atoms with Gasteiger partial charge in [0.25, 0.3) is 0 Å². The van der Waals surface area contributed by atoms with E-state index in [0.29, 0.717) is 12.8 Å². The van der Waals surface area contributed by atoms with Crippen LogP contribution in [0.2, 0.25) is 0 Å². The summed E-state index contributed by atoms with van der Waals surface area (Å²) < 4.78 is 0. The Morgan fingerprint density at radius 3 is 1.10 bits per heavy atom. The second-order valence-corrected chi connectivity index (χ2v) is 12.7. The molecule has 0 N–H and O–H groups in total. The van der Waals surface area contributed by atoms with Crippen LogP contribution in [-0.4, -0.2) is 23.1 Å². The van der Waals surface area contributed by atoms with E-state index in [1.165, 1.54) is 0 Å². The molecular weight excluding hydrogens is 404 g/mol. The first-order valence-electron chi connectivity index (χ1n) is 10.7. The van der Waals surface area contributed by atoms with Gasteiger partial charge in [-0.05, 0) is 66.9 Å². The maximum absolute atomic E-state index is 12.1. The van der Waals surface area contributed by atoms with Gasteiger partial charge in [0.05, 0.1) is 12.8 Å². The highest BCUT2D eigenvalue weighted by Crippen LogP contribution is 2.31. The lowest BCUT2D eigenvalue weighted by Crippen LogP contribution is -2.31. The molecule has 0 aliphatic heterocycles. The molecule has 0 aromatic rings. The van der Waals surface area contributed by atoms with Crippen LogP contribution < -0.4 is 0 Å². The first kappa shape index (κ1) is 29.8. The Kier molecular flexibility index (Phi) is 10.6. The highest BCUT2D eigenvalue weighted by Gasteiger charge is 2.32. The molecule has 0 spiro atoms. The van der Waals surface area contributed by atoms with E-state index < -0.39 is 28.6 Å². The minimum absolute atomic E-state index is 0.0208. The zero-order valence-electron chi connectivity index (χ0n) is 21.6. The summed E-state index contributed by atoms with van der Waals surface area (Å²) in [6.07, 6.45) is 1.23. The molecule has 31 heavy (non-hydrogen) atoms. The predicted molar refractivity (Wildman–Crippen MR) is 116 cm³/mol. The van der Waals surface area contributed by atoms with Crippen LogP contribution in [0.1, 0.15) is 109 Å². The maximum Gasteiger partial charge on any atom is 0.346 e. The lowest BCUT2D eigenvalue weighted by molar-refractivity contribution is -0.519. The average molecular weight is 449 g/mol. The second-order valence-electron chi connectivity index (χ2n) is 12.7. The Bertz CT molecular complexity index is 529. The van der Waals surface area contributed by atoms with E-state index in [-0.39, 0.29) is 23.7 Å². The Hall–Kier alpha value is -1.22. The van der Waals surface area contributed by atoms with Crippen molar-refractivity contribution < 1.29 is 39.2 Å². The molecule has 0 aromatic carbocycles. The number of carbonyl (C=O) groups is 2. The maximum atomic E-state index is 12.1. The van der Waals surface area contributed by atoms with E-state index in [1.54, 1.807) is 13.8 Å². The van der Waals surface area contributed by atoms with Gasteiger partial charge in [-0.15, -0.1) is 0 Å². The molecule has 184 valence electrons. The van der Waals surface area contributed by atoms with Crippen molar-refractivity contribution in [3.63, 3.8) is 0 Å². The van der Waals surface area contributed by atoms with Crippen molar-refractivity contribution in [1.82, 2.24) is 0 Å². The van der Waals surface area contributed by atoms with Crippen LogP contribution in [-0.2, 0) is 39.2 Å². The average Bonchev–Trinajstić information content (AvgIpc) is 2.39. The molecule has 0 radical (unpaired) electrons. The van der Waals surface area contributed by atoms with Crippen LogP contribution in [0.4, 0.5) is 0 Å². The van der Waals surface area contributed by atoms with Crippen LogP contribution in [0.5, 0.6) is 0 Å². The summed E-state index contributed by atoms with van der Waals surface area (Å²) in [7, 11) is 0. The van der Waals surface area contributed by atoms with Crippen LogP contribution in [0, 0.1) is 16.2 Å². The fourth-order valence-corrected chi connectivity index (χ4v) is 3.81. The van der Waals surface area contributed by atoms with Gasteiger partial charge in [-0.3, -0.25) is 9.78 Å². The molecule has 0 atom stereocenters. The molecule has 0 unspecified atom stereocenters. The zero-order chi connectivity index (χ0) is 24.7. The van der Waals surface area contributed by atoms with Gasteiger partial charge in [0, 0.05) is 0 Å². The minimum Gasteiger partial charge on any atom is -0.269 e. The number of hydrogen-bond acceptors (Lipinski definition) is 8. The largest absolute Gasteiger partial charge is 0.346 e. The van der Waals surface area contributed by atoms with E-state index in [2.05, 4.69) is 51.6 Å². The molecule has 0 rings (SSSR count). The van der Waals surface area contributed by atoms with E-state index in [9.17, 15) is 9.59 Å². The molecule has 0 fully saturated rings. The normalized spacial score (nSPS) is 13.8. The van der Waals surface area contributed by atoms with Crippen LogP contribution in [0.25, 0.3) is 0 Å². The van der Waals surface area contributed by atoms with E-state index in [0.717, 1.165) is 0 Å². The first-order valence-corrected chi connectivity index (χ1v) is 10.7. The van der Waals surface area contributed by atoms with Gasteiger partial charge in [-0.25, -0.2) is 9.59 Å². The molecule has 0 saturated heterocycles.